The highest BCUT2D eigenvalue weighted by Crippen LogP contribution is 2.47. The lowest BCUT2D eigenvalue weighted by Crippen LogP contribution is -2.99. The van der Waals surface area contributed by atoms with Crippen LogP contribution in [0, 0.1) is 11.8 Å². The molecule has 0 bridgehead atoms. The lowest BCUT2D eigenvalue weighted by molar-refractivity contribution is -0.739. The topological polar surface area (TPSA) is 114 Å². The number of para-hydroxylation sites is 1. The number of hydrogen-bond donors (Lipinski definition) is 2. The second-order valence-electron chi connectivity index (χ2n) is 7.43. The molecule has 29 heavy (non-hydrogen) atoms. The number of nitrogens with zero attached hydrogens (tertiary/aromatic N) is 1. The van der Waals surface area contributed by atoms with Crippen molar-refractivity contribution in [2.75, 3.05) is 4.90 Å². The van der Waals surface area contributed by atoms with E-state index >= 15 is 0 Å². The molecule has 2 fully saturated rings. The van der Waals surface area contributed by atoms with Gasteiger partial charge in [-0.15, -0.1) is 0 Å². The number of nitrogens with two attached hydrogens (primary N) is 1. The average molecular weight is 415 g/mol. The minimum absolute atomic E-state index is 0.0563. The monoisotopic (exact) mass is 414 g/mol. The van der Waals surface area contributed by atoms with E-state index in [4.69, 9.17) is 11.6 Å². The number of phenols is 1. The van der Waals surface area contributed by atoms with E-state index in [9.17, 15) is 24.6 Å². The Morgan fingerprint density at radius 3 is 2.55 bits per heavy atom. The SMILES string of the molecule is CC[C@@]1(C(=O)[O-])[NH2+][C@@H](c2ccccc2O)[C@H]2C(=O)N(c3cccc(Cl)c3)C(=O)[C@H]21. The molecule has 0 spiro atoms. The van der Waals surface area contributed by atoms with Gasteiger partial charge in [0.1, 0.15) is 35.1 Å². The first-order valence-corrected chi connectivity index (χ1v) is 9.68. The maximum Gasteiger partial charge on any atom is 0.244 e. The molecule has 7 nitrogen and oxygen atoms in total. The Morgan fingerprint density at radius 1 is 1.21 bits per heavy atom. The number of rotatable bonds is 4. The average Bonchev–Trinajstić information content (AvgIpc) is 3.17. The summed E-state index contributed by atoms with van der Waals surface area (Å²) in [5.74, 6) is -4.63. The Kier molecular flexibility index (Phi) is 4.59. The lowest BCUT2D eigenvalue weighted by atomic mass is 9.78. The van der Waals surface area contributed by atoms with Gasteiger partial charge in [0, 0.05) is 11.4 Å². The number of amides is 2. The molecule has 3 N–H and O–H groups in total. The second-order valence-corrected chi connectivity index (χ2v) is 7.86. The number of hydrogen-bond acceptors (Lipinski definition) is 5. The highest BCUT2D eigenvalue weighted by Gasteiger charge is 2.69. The Hall–Kier alpha value is -2.90. The van der Waals surface area contributed by atoms with E-state index in [2.05, 4.69) is 0 Å². The van der Waals surface area contributed by atoms with Crippen LogP contribution in [0.3, 0.4) is 0 Å². The molecule has 0 radical (unpaired) electrons. The van der Waals surface area contributed by atoms with E-state index in [1.54, 1.807) is 43.3 Å². The van der Waals surface area contributed by atoms with Crippen LogP contribution < -0.4 is 15.3 Å². The smallest absolute Gasteiger partial charge is 0.244 e. The summed E-state index contributed by atoms with van der Waals surface area (Å²) in [7, 11) is 0. The minimum Gasteiger partial charge on any atom is -0.544 e. The molecule has 150 valence electrons. The van der Waals surface area contributed by atoms with E-state index in [0.29, 0.717) is 16.3 Å². The molecule has 2 amide bonds. The fourth-order valence-corrected chi connectivity index (χ4v) is 4.91. The quantitative estimate of drug-likeness (QED) is 0.701. The molecule has 4 atom stereocenters. The van der Waals surface area contributed by atoms with Gasteiger partial charge in [0.2, 0.25) is 11.8 Å². The van der Waals surface area contributed by atoms with Crippen LogP contribution in [0.5, 0.6) is 5.75 Å². The second kappa shape index (κ2) is 6.86. The summed E-state index contributed by atoms with van der Waals surface area (Å²) < 4.78 is 0. The molecule has 8 heteroatoms. The van der Waals surface area contributed by atoms with E-state index < -0.39 is 41.2 Å². The summed E-state index contributed by atoms with van der Waals surface area (Å²) in [6.07, 6.45) is 0.0863. The van der Waals surface area contributed by atoms with Gasteiger partial charge in [0.15, 0.2) is 0 Å². The van der Waals surface area contributed by atoms with E-state index in [-0.39, 0.29) is 12.2 Å². The summed E-state index contributed by atoms with van der Waals surface area (Å²) in [5.41, 5.74) is -0.910. The van der Waals surface area contributed by atoms with Crippen molar-refractivity contribution in [3.8, 4) is 5.75 Å². The van der Waals surface area contributed by atoms with Gasteiger partial charge in [-0.25, -0.2) is 4.90 Å². The third kappa shape index (κ3) is 2.73. The molecule has 2 saturated heterocycles. The zero-order valence-electron chi connectivity index (χ0n) is 15.5. The minimum atomic E-state index is -1.61. The number of aromatic hydroxyl groups is 1. The number of carbonyl (C=O) groups excluding carboxylic acids is 3. The van der Waals surface area contributed by atoms with Crippen molar-refractivity contribution >= 4 is 35.1 Å². The highest BCUT2D eigenvalue weighted by atomic mass is 35.5. The Morgan fingerprint density at radius 2 is 1.93 bits per heavy atom. The molecule has 2 aromatic carbocycles. The number of halogens is 1. The van der Waals surface area contributed by atoms with Gasteiger partial charge in [-0.2, -0.15) is 0 Å². The number of carbonyl (C=O) groups is 3. The van der Waals surface area contributed by atoms with Crippen molar-refractivity contribution in [1.29, 1.82) is 0 Å². The molecule has 2 aliphatic heterocycles. The van der Waals surface area contributed by atoms with Crippen molar-refractivity contribution in [1.82, 2.24) is 0 Å². The van der Waals surface area contributed by atoms with Crippen molar-refractivity contribution in [2.24, 2.45) is 11.8 Å². The molecule has 0 unspecified atom stereocenters. The Bertz CT molecular complexity index is 1030. The predicted octanol–water partition coefficient (Wildman–Crippen LogP) is 0.368. The summed E-state index contributed by atoms with van der Waals surface area (Å²) in [5, 5.41) is 24.4. The van der Waals surface area contributed by atoms with Crippen molar-refractivity contribution in [3.05, 3.63) is 59.1 Å². The summed E-state index contributed by atoms with van der Waals surface area (Å²) in [6, 6.07) is 12.0. The maximum atomic E-state index is 13.4. The number of fused-ring (bicyclic) bond motifs is 1. The van der Waals surface area contributed by atoms with Crippen LogP contribution in [0.2, 0.25) is 5.02 Å². The molecular weight excluding hydrogens is 396 g/mol. The molecular formula is C21H19ClN2O5. The third-order valence-corrected chi connectivity index (χ3v) is 6.33. The standard InChI is InChI=1S/C21H19ClN2O5/c1-2-21(20(28)29)16-15(17(23-21)13-8-3-4-9-14(13)25)18(26)24(19(16)27)12-7-5-6-11(22)10-12/h3-10,15-17,23,25H,2H2,1H3,(H,28,29)/t15-,16-,17-,21+/m0/s1. The number of phenolic OH excluding ortho intramolecular Hbond substituents is 1. The summed E-state index contributed by atoms with van der Waals surface area (Å²) in [4.78, 5) is 39.9. The Balaban J connectivity index is 1.88. The summed E-state index contributed by atoms with van der Waals surface area (Å²) in [6.45, 7) is 1.65. The van der Waals surface area contributed by atoms with Crippen molar-refractivity contribution < 1.29 is 29.9 Å². The van der Waals surface area contributed by atoms with E-state index in [0.717, 1.165) is 4.90 Å². The third-order valence-electron chi connectivity index (χ3n) is 6.10. The van der Waals surface area contributed by atoms with Crippen molar-refractivity contribution in [3.63, 3.8) is 0 Å². The van der Waals surface area contributed by atoms with Crippen LogP contribution in [0.25, 0.3) is 0 Å². The van der Waals surface area contributed by atoms with E-state index in [1.165, 1.54) is 17.4 Å². The van der Waals surface area contributed by atoms with Gasteiger partial charge in [-0.1, -0.05) is 36.7 Å². The molecule has 0 aromatic heterocycles. The number of anilines is 1. The first kappa shape index (κ1) is 19.4. The van der Waals surface area contributed by atoms with Crippen LogP contribution in [-0.4, -0.2) is 28.4 Å². The number of carboxylic acid groups (broad SMARTS) is 1. The van der Waals surface area contributed by atoms with Crippen LogP contribution in [-0.2, 0) is 14.4 Å². The summed E-state index contributed by atoms with van der Waals surface area (Å²) >= 11 is 6.03. The number of quaternary nitrogens is 1. The number of carboxylic acids is 1. The normalized spacial score (nSPS) is 28.6. The molecule has 2 aromatic rings. The van der Waals surface area contributed by atoms with Gasteiger partial charge >= 0.3 is 0 Å². The fraction of sp³-hybridized carbons (Fsp3) is 0.286. The molecule has 4 rings (SSSR count). The lowest BCUT2D eigenvalue weighted by Gasteiger charge is -2.31. The van der Waals surface area contributed by atoms with Crippen LogP contribution in [0.15, 0.2) is 48.5 Å². The van der Waals surface area contributed by atoms with Crippen LogP contribution in [0.4, 0.5) is 5.69 Å². The zero-order chi connectivity index (χ0) is 20.9. The van der Waals surface area contributed by atoms with Gasteiger partial charge in [-0.3, -0.25) is 9.59 Å². The molecule has 2 aliphatic rings. The molecule has 0 saturated carbocycles. The first-order chi connectivity index (χ1) is 13.8. The van der Waals surface area contributed by atoms with Crippen molar-refractivity contribution in [2.45, 2.75) is 24.9 Å². The Labute approximate surface area is 171 Å². The van der Waals surface area contributed by atoms with Crippen LogP contribution >= 0.6 is 11.6 Å². The first-order valence-electron chi connectivity index (χ1n) is 9.30. The van der Waals surface area contributed by atoms with E-state index in [1.807, 2.05) is 0 Å². The number of imide groups is 1. The zero-order valence-corrected chi connectivity index (χ0v) is 16.3. The maximum absolute atomic E-state index is 13.4. The highest BCUT2D eigenvalue weighted by molar-refractivity contribution is 6.31. The largest absolute Gasteiger partial charge is 0.544 e. The van der Waals surface area contributed by atoms with Gasteiger partial charge in [0.05, 0.1) is 11.3 Å². The van der Waals surface area contributed by atoms with Gasteiger partial charge in [-0.05, 0) is 30.3 Å². The fourth-order valence-electron chi connectivity index (χ4n) is 4.72. The predicted molar refractivity (Wildman–Crippen MR) is 102 cm³/mol. The van der Waals surface area contributed by atoms with Gasteiger partial charge in [0.25, 0.3) is 0 Å². The van der Waals surface area contributed by atoms with Crippen LogP contribution in [0.1, 0.15) is 24.9 Å². The number of benzene rings is 2. The molecule has 0 aliphatic carbocycles. The molecule has 2 heterocycles. The van der Waals surface area contributed by atoms with Gasteiger partial charge < -0.3 is 20.3 Å². The number of aliphatic carboxylic acids is 1.